The van der Waals surface area contributed by atoms with Gasteiger partial charge in [-0.3, -0.25) is 82.7 Å². The molecule has 118 heavy (non-hydrogen) atoms. The topological polar surface area (TPSA) is 718 Å². The molecule has 2 bridgehead atoms. The molecule has 48 heteroatoms. The fourth-order valence-electron chi connectivity index (χ4n) is 12.2. The van der Waals surface area contributed by atoms with Gasteiger partial charge in [0.15, 0.2) is 11.9 Å². The summed E-state index contributed by atoms with van der Waals surface area (Å²) < 4.78 is -1.50. The fraction of sp³-hybridized carbons (Fsp3) is 0.571. The number of aromatic hydroxyl groups is 2. The molecule has 0 spiro atoms. The molecule has 652 valence electrons. The van der Waals surface area contributed by atoms with Crippen molar-refractivity contribution in [2.75, 3.05) is 50.0 Å². The number of carbonyl (C=O) groups excluding carboxylic acids is 13. The number of benzene rings is 2. The van der Waals surface area contributed by atoms with Gasteiger partial charge in [0.1, 0.15) is 84.0 Å². The van der Waals surface area contributed by atoms with Gasteiger partial charge in [-0.15, -0.1) is 0 Å². The van der Waals surface area contributed by atoms with Crippen LogP contribution in [0.2, 0.25) is 0 Å². The molecule has 3 heterocycles. The molecule has 2 aromatic rings. The summed E-state index contributed by atoms with van der Waals surface area (Å²) in [4.78, 5) is 231. The Hall–Kier alpha value is -9.89. The molecule has 0 unspecified atom stereocenters. The number of fused-ring (bicyclic) bond motifs is 9. The van der Waals surface area contributed by atoms with Crippen LogP contribution in [0.25, 0.3) is 0 Å². The SMILES string of the molecule is C[C@@H](O)[C@@H]1NC(=O)[C@H]2NC(=O)[C@H](NC(=O)CN)CSSC[C@H](NC(=O)[C@H](CCCNC(=N)N)NC(=O)[C@@H]3CCCN3C(=O)[C@H](CC(=O)O)NC1=O)C(=O)N[C@@H](CCCNC(=N)N)C(=O)N[C@@H](Cc1ccc(O)c(I)c1)C(=O)N[C@@H](CCCN)C(=O)N[C@H](C(=O)N[C@H](CC(=O)N[C@@H](CCC(=O)O)C(=O)O)Cc1ccc(O)cc1)CSSC2(C)C. The predicted molar refractivity (Wildman–Crippen MR) is 442 cm³/mol. The lowest BCUT2D eigenvalue weighted by Gasteiger charge is -2.35. The maximum Gasteiger partial charge on any atom is 0.326 e. The summed E-state index contributed by atoms with van der Waals surface area (Å²) in [5.41, 5.74) is 23.6. The van der Waals surface area contributed by atoms with Gasteiger partial charge in [-0.25, -0.2) is 4.79 Å². The van der Waals surface area contributed by atoms with Crippen molar-refractivity contribution >= 4 is 172 Å². The van der Waals surface area contributed by atoms with Crippen LogP contribution in [0.5, 0.6) is 11.5 Å². The highest BCUT2D eigenvalue weighted by Gasteiger charge is 2.45. The highest BCUT2D eigenvalue weighted by atomic mass is 127. The fourth-order valence-corrected chi connectivity index (χ4v) is 18.0. The number of phenols is 2. The van der Waals surface area contributed by atoms with E-state index in [2.05, 4.69) is 74.4 Å². The minimum absolute atomic E-state index is 0.0143. The Morgan fingerprint density at radius 3 is 1.79 bits per heavy atom. The molecule has 43 nitrogen and oxygen atoms in total. The number of hydrogen-bond donors (Lipinski definition) is 26. The minimum Gasteiger partial charge on any atom is -0.508 e. The summed E-state index contributed by atoms with van der Waals surface area (Å²) in [5, 5.41) is 113. The summed E-state index contributed by atoms with van der Waals surface area (Å²) in [6.07, 6.45) is -6.66. The Morgan fingerprint density at radius 2 is 1.20 bits per heavy atom. The summed E-state index contributed by atoms with van der Waals surface area (Å²) in [5.74, 6) is -21.9. The van der Waals surface area contributed by atoms with Crippen LogP contribution in [-0.4, -0.2) is 282 Å². The molecule has 5 rings (SSSR count). The third kappa shape index (κ3) is 33.1. The van der Waals surface area contributed by atoms with Crippen LogP contribution in [0, 0.1) is 14.4 Å². The average Bonchev–Trinajstić information content (AvgIpc) is 1.53. The number of aliphatic carboxylic acids is 3. The summed E-state index contributed by atoms with van der Waals surface area (Å²) >= 11 is 1.82. The molecule has 2 aromatic carbocycles. The van der Waals surface area contributed by atoms with Crippen molar-refractivity contribution in [3.8, 4) is 11.5 Å². The number of phenolic OH excluding ortho intramolecular Hbond substituents is 2. The van der Waals surface area contributed by atoms with Gasteiger partial charge in [-0.2, -0.15) is 0 Å². The van der Waals surface area contributed by atoms with E-state index in [1.165, 1.54) is 56.3 Å². The Labute approximate surface area is 707 Å². The van der Waals surface area contributed by atoms with E-state index < -0.39 is 252 Å². The Balaban J connectivity index is 1.83. The molecule has 0 aromatic heterocycles. The molecule has 13 amide bonds. The van der Waals surface area contributed by atoms with E-state index in [1.54, 1.807) is 0 Å². The van der Waals surface area contributed by atoms with E-state index >= 15 is 38.4 Å². The van der Waals surface area contributed by atoms with Gasteiger partial charge < -0.3 is 133 Å². The van der Waals surface area contributed by atoms with Crippen LogP contribution in [0.3, 0.4) is 0 Å². The lowest BCUT2D eigenvalue weighted by Crippen LogP contribution is -2.64. The largest absolute Gasteiger partial charge is 0.508 e. The number of amides is 13. The number of carboxylic acids is 3. The van der Waals surface area contributed by atoms with Gasteiger partial charge in [0.2, 0.25) is 76.8 Å². The summed E-state index contributed by atoms with van der Waals surface area (Å²) in [7, 11) is 3.09. The molecule has 14 atom stereocenters. The first kappa shape index (κ1) is 98.7. The van der Waals surface area contributed by atoms with Crippen LogP contribution >= 0.6 is 65.8 Å². The first-order chi connectivity index (χ1) is 55.7. The molecule has 0 saturated carbocycles. The van der Waals surface area contributed by atoms with Crippen molar-refractivity contribution < 1.29 is 107 Å². The number of carboxylic acid groups (broad SMARTS) is 3. The zero-order valence-corrected chi connectivity index (χ0v) is 70.1. The monoisotopic (exact) mass is 1850 g/mol. The van der Waals surface area contributed by atoms with Gasteiger partial charge in [-0.1, -0.05) is 61.4 Å². The second-order valence-electron chi connectivity index (χ2n) is 28.3. The second-order valence-corrected chi connectivity index (χ2v) is 35.0. The van der Waals surface area contributed by atoms with Crippen LogP contribution in [0.4, 0.5) is 0 Å². The number of nitrogens with two attached hydrogens (primary N) is 4. The van der Waals surface area contributed by atoms with Crippen molar-refractivity contribution in [2.24, 2.45) is 22.9 Å². The minimum atomic E-state index is -2.12. The zero-order valence-electron chi connectivity index (χ0n) is 64.7. The van der Waals surface area contributed by atoms with E-state index in [4.69, 9.17) is 33.8 Å². The molecular weight excluding hydrogens is 1740 g/mol. The zero-order chi connectivity index (χ0) is 87.7. The van der Waals surface area contributed by atoms with Crippen LogP contribution in [-0.2, 0) is 89.6 Å². The number of aliphatic hydroxyl groups is 1. The number of nitrogens with one attached hydrogen (secondary N) is 16. The Kier molecular flexibility index (Phi) is 40.9. The standard InChI is InChI=1S/C70H104IN21O22S4/c1-33(93)54-64(110)87-44(28-53(100)101)66(112)92-23-7-11-48(92)63(109)85-41(10-6-22-79-69(76)77)58(104)88-46-31-116-115-30-45(82-51(97)29-73)62(108)91-55(65(111)90-54)70(2,3)118-117-32-47(60(106)80-36(24-34-12-15-37(94)16-13-34)27-50(96)81-42(67(113)114)17-19-52(98)99)89-57(103)39(8-4-20-72)83-59(105)43(26-35-14-18-49(95)38(71)25-35)86-56(102)40(84-61(46)107)9-5-21-78-68(74)75/h12-16,18,25,33,36,39-48,54-55,93-95H,4-11,17,19-24,26-32,72-73H2,1-3H3,(H,80,106)(H,81,96)(H,82,97)(H,83,105)(H,84,107)(H,85,109)(H,86,102)(H,87,110)(H,88,104)(H,89,103)(H,90,111)(H,91,108)(H,98,99)(H,100,101)(H,113,114)(H4,74,75,78)(H4,76,77,79)/t33-,36+,39+,40+,41+,42+,43+,44+,45-,46+,47+,48+,54+,55-/m1/s1. The van der Waals surface area contributed by atoms with Crippen LogP contribution in [0.1, 0.15) is 109 Å². The maximum absolute atomic E-state index is 15.4. The molecule has 30 N–H and O–H groups in total. The highest BCUT2D eigenvalue weighted by molar-refractivity contribution is 14.1. The number of nitrogens with zero attached hydrogens (tertiary/aromatic N) is 1. The number of rotatable bonds is 29. The maximum atomic E-state index is 15.4. The van der Waals surface area contributed by atoms with E-state index in [1.807, 2.05) is 22.6 Å². The third-order valence-corrected chi connectivity index (χ3v) is 25.0. The van der Waals surface area contributed by atoms with Gasteiger partial charge in [-0.05, 0) is 150 Å². The smallest absolute Gasteiger partial charge is 0.326 e. The van der Waals surface area contributed by atoms with E-state index in [9.17, 15) is 69.0 Å². The van der Waals surface area contributed by atoms with Crippen molar-refractivity contribution in [2.45, 2.75) is 200 Å². The summed E-state index contributed by atoms with van der Waals surface area (Å²) in [6, 6.07) is -13.1. The van der Waals surface area contributed by atoms with Crippen molar-refractivity contribution in [3.63, 3.8) is 0 Å². The molecule has 3 saturated heterocycles. The highest BCUT2D eigenvalue weighted by Crippen LogP contribution is 2.39. The lowest BCUT2D eigenvalue weighted by molar-refractivity contribution is -0.146. The predicted octanol–water partition coefficient (Wildman–Crippen LogP) is -5.72. The van der Waals surface area contributed by atoms with Crippen molar-refractivity contribution in [1.82, 2.24) is 79.3 Å². The van der Waals surface area contributed by atoms with E-state index in [0.717, 1.165) is 55.0 Å². The average molecular weight is 1850 g/mol. The van der Waals surface area contributed by atoms with Gasteiger partial charge in [0.25, 0.3) is 0 Å². The van der Waals surface area contributed by atoms with Crippen LogP contribution < -0.4 is 97.4 Å². The molecule has 0 radical (unpaired) electrons. The van der Waals surface area contributed by atoms with Gasteiger partial charge in [0, 0.05) is 66.9 Å². The first-order valence-electron chi connectivity index (χ1n) is 37.3. The number of hydrogen-bond acceptors (Lipinski definition) is 27. The van der Waals surface area contributed by atoms with Crippen molar-refractivity contribution in [1.29, 1.82) is 10.8 Å². The van der Waals surface area contributed by atoms with E-state index in [0.29, 0.717) is 11.1 Å². The summed E-state index contributed by atoms with van der Waals surface area (Å²) in [6.45, 7) is 2.58. The lowest BCUT2D eigenvalue weighted by atomic mass is 10.00. The second kappa shape index (κ2) is 48.9. The normalized spacial score (nSPS) is 23.9. The number of carbonyl (C=O) groups is 16. The molecule has 3 fully saturated rings. The first-order valence-corrected chi connectivity index (χ1v) is 43.2. The molecular formula is C70H104IN21O22S4. The van der Waals surface area contributed by atoms with Gasteiger partial charge >= 0.3 is 17.9 Å². The van der Waals surface area contributed by atoms with E-state index in [-0.39, 0.29) is 99.0 Å². The van der Waals surface area contributed by atoms with Crippen LogP contribution in [0.15, 0.2) is 42.5 Å². The number of guanidine groups is 2. The number of halogens is 1. The third-order valence-electron chi connectivity index (χ3n) is 18.4. The molecule has 0 aliphatic carbocycles. The quantitative estimate of drug-likeness (QED) is 0.0119. The van der Waals surface area contributed by atoms with Crippen molar-refractivity contribution in [3.05, 3.63) is 57.2 Å². The Morgan fingerprint density at radius 1 is 0.636 bits per heavy atom. The molecule has 3 aliphatic rings. The number of aliphatic hydroxyl groups excluding tert-OH is 1. The Bertz CT molecular complexity index is 3950. The van der Waals surface area contributed by atoms with Gasteiger partial charge in [0.05, 0.1) is 22.6 Å². The molecule has 3 aliphatic heterocycles.